The van der Waals surface area contributed by atoms with Gasteiger partial charge >= 0.3 is 0 Å². The van der Waals surface area contributed by atoms with Crippen molar-refractivity contribution in [2.24, 2.45) is 0 Å². The van der Waals surface area contributed by atoms with E-state index >= 15 is 0 Å². The zero-order valence-electron chi connectivity index (χ0n) is 12.8. The number of hydrogen-bond donors (Lipinski definition) is 1. The number of benzene rings is 2. The van der Waals surface area contributed by atoms with Gasteiger partial charge < -0.3 is 10.1 Å². The predicted octanol–water partition coefficient (Wildman–Crippen LogP) is 3.39. The van der Waals surface area contributed by atoms with Crippen molar-refractivity contribution in [2.45, 2.75) is 6.04 Å². The minimum Gasteiger partial charge on any atom is -0.497 e. The number of hydrogen-bond acceptors (Lipinski definition) is 5. The summed E-state index contributed by atoms with van der Waals surface area (Å²) in [5.41, 5.74) is 2.83. The van der Waals surface area contributed by atoms with Crippen LogP contribution in [0.5, 0.6) is 5.75 Å². The molecule has 0 saturated heterocycles. The lowest BCUT2D eigenvalue weighted by Crippen LogP contribution is -2.20. The first-order valence-corrected chi connectivity index (χ1v) is 7.79. The first kappa shape index (κ1) is 14.7. The van der Waals surface area contributed by atoms with Gasteiger partial charge in [-0.1, -0.05) is 47.0 Å². The Hall–Kier alpha value is -2.86. The third-order valence-corrected chi connectivity index (χ3v) is 4.28. The fourth-order valence-electron chi connectivity index (χ4n) is 2.75. The lowest BCUT2D eigenvalue weighted by Gasteiger charge is -2.24. The Bertz CT molecular complexity index is 921. The van der Waals surface area contributed by atoms with Crippen LogP contribution in [0.1, 0.15) is 17.2 Å². The predicted molar refractivity (Wildman–Crippen MR) is 92.0 cm³/mol. The third kappa shape index (κ3) is 2.51. The molecule has 2 heterocycles. The zero-order chi connectivity index (χ0) is 16.5. The molecule has 6 nitrogen and oxygen atoms in total. The maximum atomic E-state index is 6.38. The Labute approximate surface area is 143 Å². The first-order valence-electron chi connectivity index (χ1n) is 7.42. The second kappa shape index (κ2) is 5.98. The van der Waals surface area contributed by atoms with Crippen LogP contribution in [0.25, 0.3) is 5.70 Å². The zero-order valence-corrected chi connectivity index (χ0v) is 13.6. The Morgan fingerprint density at radius 3 is 2.88 bits per heavy atom. The van der Waals surface area contributed by atoms with E-state index in [1.165, 1.54) is 0 Å². The largest absolute Gasteiger partial charge is 0.497 e. The summed E-state index contributed by atoms with van der Waals surface area (Å²) in [6, 6.07) is 15.3. The van der Waals surface area contributed by atoms with Crippen molar-refractivity contribution in [3.05, 3.63) is 70.8 Å². The summed E-state index contributed by atoms with van der Waals surface area (Å²) < 4.78 is 7.02. The van der Waals surface area contributed by atoms with Crippen molar-refractivity contribution in [1.29, 1.82) is 0 Å². The molecule has 7 heteroatoms. The number of nitrogens with one attached hydrogen (secondary N) is 1. The van der Waals surface area contributed by atoms with Crippen LogP contribution in [-0.2, 0) is 0 Å². The van der Waals surface area contributed by atoms with Crippen LogP contribution in [0, 0.1) is 0 Å². The quantitative estimate of drug-likeness (QED) is 0.792. The molecule has 0 fully saturated rings. The monoisotopic (exact) mass is 339 g/mol. The van der Waals surface area contributed by atoms with Gasteiger partial charge in [0.2, 0.25) is 5.95 Å². The molecule has 2 aromatic carbocycles. The Balaban J connectivity index is 1.83. The number of ether oxygens (including phenoxy) is 1. The molecule has 0 radical (unpaired) electrons. The summed E-state index contributed by atoms with van der Waals surface area (Å²) in [5.74, 6) is 1.36. The van der Waals surface area contributed by atoms with E-state index in [0.29, 0.717) is 11.0 Å². The molecule has 4 rings (SSSR count). The molecule has 0 unspecified atom stereocenters. The standard InChI is InChI=1S/C17H14ClN5O/c1-24-12-6-4-5-11(9-12)15-10-16(13-7-2-3-8-14(13)18)23-17(19-15)20-21-22-23/h2-10,16H,1H3,(H,19,20,22)/t16-/m1/s1. The highest BCUT2D eigenvalue weighted by Crippen LogP contribution is 2.35. The lowest BCUT2D eigenvalue weighted by molar-refractivity contribution is 0.414. The van der Waals surface area contributed by atoms with Gasteiger partial charge in [0.25, 0.3) is 0 Å². The number of fused-ring (bicyclic) bond motifs is 1. The second-order valence-corrected chi connectivity index (χ2v) is 5.76. The smallest absolute Gasteiger partial charge is 0.248 e. The summed E-state index contributed by atoms with van der Waals surface area (Å²) in [7, 11) is 1.65. The molecule has 1 atom stereocenters. The van der Waals surface area contributed by atoms with E-state index in [1.54, 1.807) is 11.8 Å². The van der Waals surface area contributed by atoms with Crippen LogP contribution in [0.4, 0.5) is 5.95 Å². The molecule has 0 aliphatic carbocycles. The molecular weight excluding hydrogens is 326 g/mol. The average molecular weight is 340 g/mol. The third-order valence-electron chi connectivity index (χ3n) is 3.93. The highest BCUT2D eigenvalue weighted by molar-refractivity contribution is 6.31. The fraction of sp³-hybridized carbons (Fsp3) is 0.118. The van der Waals surface area contributed by atoms with Crippen molar-refractivity contribution < 1.29 is 4.74 Å². The molecule has 1 N–H and O–H groups in total. The summed E-state index contributed by atoms with van der Waals surface area (Å²) in [6.07, 6.45) is 2.05. The molecule has 1 aromatic heterocycles. The topological polar surface area (TPSA) is 64.9 Å². The number of rotatable bonds is 3. The highest BCUT2D eigenvalue weighted by Gasteiger charge is 2.25. The minimum absolute atomic E-state index is 0.189. The first-order chi connectivity index (χ1) is 11.8. The SMILES string of the molecule is COc1cccc(C2=C[C@H](c3ccccc3Cl)n3nnnc3N2)c1. The normalized spacial score (nSPS) is 16.1. The van der Waals surface area contributed by atoms with Crippen LogP contribution < -0.4 is 10.1 Å². The molecule has 1 aliphatic heterocycles. The molecule has 0 amide bonds. The van der Waals surface area contributed by atoms with E-state index < -0.39 is 0 Å². The molecule has 0 saturated carbocycles. The molecule has 120 valence electrons. The second-order valence-electron chi connectivity index (χ2n) is 5.35. The number of allylic oxidation sites excluding steroid dienone is 1. The number of halogens is 1. The van der Waals surface area contributed by atoms with Crippen LogP contribution >= 0.6 is 11.6 Å². The van der Waals surface area contributed by atoms with Gasteiger partial charge in [-0.2, -0.15) is 4.68 Å². The lowest BCUT2D eigenvalue weighted by atomic mass is 10.0. The van der Waals surface area contributed by atoms with Crippen molar-refractivity contribution >= 4 is 23.2 Å². The number of nitrogens with zero attached hydrogens (tertiary/aromatic N) is 4. The van der Waals surface area contributed by atoms with Gasteiger partial charge in [-0.25, -0.2) is 0 Å². The maximum absolute atomic E-state index is 6.38. The fourth-order valence-corrected chi connectivity index (χ4v) is 3.00. The van der Waals surface area contributed by atoms with Gasteiger partial charge in [0.05, 0.1) is 7.11 Å². The van der Waals surface area contributed by atoms with E-state index in [-0.39, 0.29) is 6.04 Å². The van der Waals surface area contributed by atoms with Crippen molar-refractivity contribution in [3.8, 4) is 5.75 Å². The van der Waals surface area contributed by atoms with Gasteiger partial charge in [0, 0.05) is 16.3 Å². The van der Waals surface area contributed by atoms with Crippen LogP contribution in [0.2, 0.25) is 5.02 Å². The van der Waals surface area contributed by atoms with Crippen molar-refractivity contribution in [1.82, 2.24) is 20.2 Å². The summed E-state index contributed by atoms with van der Waals surface area (Å²) in [6.45, 7) is 0. The molecule has 1 aliphatic rings. The van der Waals surface area contributed by atoms with E-state index in [1.807, 2.05) is 48.5 Å². The Morgan fingerprint density at radius 1 is 1.17 bits per heavy atom. The van der Waals surface area contributed by atoms with Crippen LogP contribution in [0.15, 0.2) is 54.6 Å². The number of methoxy groups -OCH3 is 1. The highest BCUT2D eigenvalue weighted by atomic mass is 35.5. The number of aromatic nitrogens is 4. The maximum Gasteiger partial charge on any atom is 0.248 e. The van der Waals surface area contributed by atoms with Gasteiger partial charge in [0.15, 0.2) is 0 Å². The summed E-state index contributed by atoms with van der Waals surface area (Å²) in [5, 5.41) is 15.8. The van der Waals surface area contributed by atoms with Crippen molar-refractivity contribution in [2.75, 3.05) is 12.4 Å². The van der Waals surface area contributed by atoms with E-state index in [9.17, 15) is 0 Å². The Morgan fingerprint density at radius 2 is 2.04 bits per heavy atom. The summed E-state index contributed by atoms with van der Waals surface area (Å²) in [4.78, 5) is 0. The van der Waals surface area contributed by atoms with Gasteiger partial charge in [-0.3, -0.25) is 0 Å². The number of anilines is 1. The van der Waals surface area contributed by atoms with E-state index in [0.717, 1.165) is 22.6 Å². The van der Waals surface area contributed by atoms with Crippen molar-refractivity contribution in [3.63, 3.8) is 0 Å². The average Bonchev–Trinajstić information content (AvgIpc) is 3.10. The van der Waals surface area contributed by atoms with E-state index in [2.05, 4.69) is 26.9 Å². The molecule has 0 spiro atoms. The van der Waals surface area contributed by atoms with Gasteiger partial charge in [-0.15, -0.1) is 0 Å². The van der Waals surface area contributed by atoms with Crippen LogP contribution in [0.3, 0.4) is 0 Å². The summed E-state index contributed by atoms with van der Waals surface area (Å²) >= 11 is 6.38. The van der Waals surface area contributed by atoms with Crippen LogP contribution in [-0.4, -0.2) is 27.3 Å². The minimum atomic E-state index is -0.189. The van der Waals surface area contributed by atoms with E-state index in [4.69, 9.17) is 16.3 Å². The molecule has 24 heavy (non-hydrogen) atoms. The molecular formula is C17H14ClN5O. The van der Waals surface area contributed by atoms with Gasteiger partial charge in [-0.05, 0) is 40.3 Å². The van der Waals surface area contributed by atoms with Gasteiger partial charge in [0.1, 0.15) is 11.8 Å². The Kier molecular flexibility index (Phi) is 3.66. The number of tetrazole rings is 1. The molecule has 0 bridgehead atoms. The molecule has 3 aromatic rings.